The van der Waals surface area contributed by atoms with Crippen molar-refractivity contribution in [1.29, 1.82) is 5.26 Å². The van der Waals surface area contributed by atoms with Crippen molar-refractivity contribution >= 4 is 28.6 Å². The number of aryl methyl sites for hydroxylation is 2. The molecule has 5 nitrogen and oxygen atoms in total. The Hall–Kier alpha value is -4.30. The van der Waals surface area contributed by atoms with Crippen LogP contribution in [0.1, 0.15) is 16.7 Å². The molecule has 0 aliphatic rings. The molecule has 0 unspecified atom stereocenters. The zero-order valence-electron chi connectivity index (χ0n) is 18.2. The average Bonchev–Trinajstić information content (AvgIpc) is 3.17. The fraction of sp³-hybridized carbons (Fsp3) is 0.111. The molecule has 0 bridgehead atoms. The monoisotopic (exact) mass is 421 g/mol. The van der Waals surface area contributed by atoms with Crippen LogP contribution >= 0.6 is 0 Å². The van der Waals surface area contributed by atoms with Crippen molar-refractivity contribution in [3.8, 4) is 23.1 Å². The lowest BCUT2D eigenvalue weighted by atomic mass is 10.0. The Balaban J connectivity index is 1.81. The van der Waals surface area contributed by atoms with Crippen molar-refractivity contribution in [2.45, 2.75) is 13.8 Å². The predicted molar refractivity (Wildman–Crippen MR) is 128 cm³/mol. The normalized spacial score (nSPS) is 11.2. The van der Waals surface area contributed by atoms with E-state index in [1.165, 1.54) is 0 Å². The molecule has 1 aromatic heterocycles. The highest BCUT2D eigenvalue weighted by atomic mass is 16.5. The summed E-state index contributed by atoms with van der Waals surface area (Å²) in [7, 11) is 1.61. The van der Waals surface area contributed by atoms with Crippen LogP contribution < -0.4 is 10.1 Å². The van der Waals surface area contributed by atoms with Crippen molar-refractivity contribution < 1.29 is 9.53 Å². The summed E-state index contributed by atoms with van der Waals surface area (Å²) in [5.74, 6) is 0.246. The second kappa shape index (κ2) is 8.83. The maximum atomic E-state index is 12.9. The zero-order chi connectivity index (χ0) is 22.7. The molecule has 0 fully saturated rings. The first kappa shape index (κ1) is 21.0. The number of rotatable bonds is 5. The van der Waals surface area contributed by atoms with Gasteiger partial charge in [0.1, 0.15) is 17.4 Å². The minimum atomic E-state index is -0.452. The number of nitrogens with one attached hydrogen (secondary N) is 2. The van der Waals surface area contributed by atoms with Crippen LogP contribution in [0.5, 0.6) is 5.75 Å². The van der Waals surface area contributed by atoms with Gasteiger partial charge in [0, 0.05) is 22.2 Å². The third-order valence-electron chi connectivity index (χ3n) is 5.53. The number of ether oxygens (including phenoxy) is 1. The molecule has 0 spiro atoms. The first-order valence-electron chi connectivity index (χ1n) is 10.3. The third-order valence-corrected chi connectivity index (χ3v) is 5.53. The number of carbonyl (C=O) groups excluding carboxylic acids is 1. The van der Waals surface area contributed by atoms with E-state index in [1.54, 1.807) is 13.2 Å². The third kappa shape index (κ3) is 4.12. The Morgan fingerprint density at radius 3 is 2.50 bits per heavy atom. The topological polar surface area (TPSA) is 77.9 Å². The van der Waals surface area contributed by atoms with Gasteiger partial charge in [-0.1, -0.05) is 36.4 Å². The van der Waals surface area contributed by atoms with E-state index in [9.17, 15) is 10.1 Å². The van der Waals surface area contributed by atoms with Crippen molar-refractivity contribution in [1.82, 2.24) is 4.98 Å². The second-order valence-electron chi connectivity index (χ2n) is 7.61. The first-order chi connectivity index (χ1) is 15.5. The van der Waals surface area contributed by atoms with Crippen LogP contribution in [0.3, 0.4) is 0 Å². The van der Waals surface area contributed by atoms with Gasteiger partial charge < -0.3 is 15.0 Å². The van der Waals surface area contributed by atoms with E-state index in [4.69, 9.17) is 4.74 Å². The maximum absolute atomic E-state index is 12.9. The van der Waals surface area contributed by atoms with Gasteiger partial charge in [0.15, 0.2) is 0 Å². The molecule has 2 N–H and O–H groups in total. The number of nitriles is 1. The van der Waals surface area contributed by atoms with E-state index in [2.05, 4.69) is 16.4 Å². The van der Waals surface area contributed by atoms with Crippen LogP contribution in [0.4, 0.5) is 5.69 Å². The Kier molecular flexibility index (Phi) is 5.78. The molecule has 1 heterocycles. The lowest BCUT2D eigenvalue weighted by Crippen LogP contribution is -2.13. The van der Waals surface area contributed by atoms with Gasteiger partial charge >= 0.3 is 0 Å². The molecule has 5 heteroatoms. The van der Waals surface area contributed by atoms with Gasteiger partial charge in [0.25, 0.3) is 5.91 Å². The van der Waals surface area contributed by atoms with Crippen LogP contribution in [0.25, 0.3) is 28.2 Å². The lowest BCUT2D eigenvalue weighted by Gasteiger charge is -2.08. The molecular weight excluding hydrogens is 398 g/mol. The number of fused-ring (bicyclic) bond motifs is 1. The summed E-state index contributed by atoms with van der Waals surface area (Å²) in [6.45, 7) is 4.00. The molecule has 0 aliphatic heterocycles. The first-order valence-corrected chi connectivity index (χ1v) is 10.3. The maximum Gasteiger partial charge on any atom is 0.266 e. The van der Waals surface area contributed by atoms with E-state index in [0.717, 1.165) is 38.9 Å². The molecule has 0 atom stereocenters. The molecular formula is C27H23N3O2. The molecule has 1 amide bonds. The van der Waals surface area contributed by atoms with E-state index in [1.807, 2.05) is 80.6 Å². The molecule has 0 radical (unpaired) electrons. The van der Waals surface area contributed by atoms with Gasteiger partial charge in [-0.15, -0.1) is 0 Å². The number of hydrogen-bond acceptors (Lipinski definition) is 3. The summed E-state index contributed by atoms with van der Waals surface area (Å²) in [5.41, 5.74) is 6.33. The number of benzene rings is 3. The number of aromatic nitrogens is 1. The molecule has 0 saturated carbocycles. The van der Waals surface area contributed by atoms with Gasteiger partial charge in [-0.25, -0.2) is 0 Å². The number of H-pyrrole nitrogens is 1. The summed E-state index contributed by atoms with van der Waals surface area (Å²) in [6, 6.07) is 23.3. The van der Waals surface area contributed by atoms with Crippen LogP contribution in [0, 0.1) is 25.2 Å². The second-order valence-corrected chi connectivity index (χ2v) is 7.61. The summed E-state index contributed by atoms with van der Waals surface area (Å²) in [5, 5.41) is 13.5. The lowest BCUT2D eigenvalue weighted by molar-refractivity contribution is -0.112. The van der Waals surface area contributed by atoms with Crippen molar-refractivity contribution in [2.24, 2.45) is 0 Å². The van der Waals surface area contributed by atoms with Gasteiger partial charge in [0.2, 0.25) is 0 Å². The largest absolute Gasteiger partial charge is 0.497 e. The predicted octanol–water partition coefficient (Wildman–Crippen LogP) is 6.01. The average molecular weight is 422 g/mol. The SMILES string of the molecule is COc1ccc2[nH]c(-c3ccccc3)c(/C=C(\C#N)C(=O)Nc3ccc(C)c(C)c3)c2c1. The molecule has 3 aromatic carbocycles. The fourth-order valence-corrected chi connectivity index (χ4v) is 3.61. The summed E-state index contributed by atoms with van der Waals surface area (Å²) < 4.78 is 5.39. The van der Waals surface area contributed by atoms with Gasteiger partial charge in [0.05, 0.1) is 12.8 Å². The van der Waals surface area contributed by atoms with Crippen LogP contribution in [0.15, 0.2) is 72.3 Å². The smallest absolute Gasteiger partial charge is 0.266 e. The molecule has 0 aliphatic carbocycles. The van der Waals surface area contributed by atoms with Crippen LogP contribution in [-0.4, -0.2) is 18.0 Å². The summed E-state index contributed by atoms with van der Waals surface area (Å²) in [4.78, 5) is 16.4. The Labute approximate surface area is 187 Å². The number of nitrogens with zero attached hydrogens (tertiary/aromatic N) is 1. The number of amides is 1. The van der Waals surface area contributed by atoms with Crippen LogP contribution in [0.2, 0.25) is 0 Å². The summed E-state index contributed by atoms with van der Waals surface area (Å²) in [6.07, 6.45) is 1.64. The van der Waals surface area contributed by atoms with Crippen molar-refractivity contribution in [3.05, 3.63) is 89.0 Å². The molecule has 158 valence electrons. The van der Waals surface area contributed by atoms with Crippen molar-refractivity contribution in [2.75, 3.05) is 12.4 Å². The fourth-order valence-electron chi connectivity index (χ4n) is 3.61. The number of hydrogen-bond donors (Lipinski definition) is 2. The van der Waals surface area contributed by atoms with E-state index in [-0.39, 0.29) is 5.57 Å². The zero-order valence-corrected chi connectivity index (χ0v) is 18.2. The molecule has 0 saturated heterocycles. The highest BCUT2D eigenvalue weighted by molar-refractivity contribution is 6.12. The Bertz CT molecular complexity index is 1380. The molecule has 4 aromatic rings. The van der Waals surface area contributed by atoms with Crippen molar-refractivity contribution in [3.63, 3.8) is 0 Å². The van der Waals surface area contributed by atoms with Gasteiger partial charge in [-0.2, -0.15) is 5.26 Å². The standard InChI is InChI=1S/C27H23N3O2/c1-17-9-10-21(13-18(17)2)29-27(31)20(16-28)14-24-23-15-22(32-3)11-12-25(23)30-26(24)19-7-5-4-6-8-19/h4-15,30H,1-3H3,(H,29,31)/b20-14+. The molecule has 4 rings (SSSR count). The Morgan fingerprint density at radius 1 is 1.03 bits per heavy atom. The Morgan fingerprint density at radius 2 is 1.81 bits per heavy atom. The minimum absolute atomic E-state index is 0.0177. The number of aromatic amines is 1. The highest BCUT2D eigenvalue weighted by Gasteiger charge is 2.16. The van der Waals surface area contributed by atoms with Crippen LogP contribution in [-0.2, 0) is 4.79 Å². The van der Waals surface area contributed by atoms with E-state index >= 15 is 0 Å². The quantitative estimate of drug-likeness (QED) is 0.306. The van der Waals surface area contributed by atoms with Gasteiger partial charge in [-0.05, 0) is 66.9 Å². The number of anilines is 1. The minimum Gasteiger partial charge on any atom is -0.497 e. The number of methoxy groups -OCH3 is 1. The number of carbonyl (C=O) groups is 1. The highest BCUT2D eigenvalue weighted by Crippen LogP contribution is 2.34. The molecule has 32 heavy (non-hydrogen) atoms. The van der Waals surface area contributed by atoms with E-state index in [0.29, 0.717) is 11.4 Å². The van der Waals surface area contributed by atoms with E-state index < -0.39 is 5.91 Å². The van der Waals surface area contributed by atoms with Gasteiger partial charge in [-0.3, -0.25) is 4.79 Å². The summed E-state index contributed by atoms with van der Waals surface area (Å²) >= 11 is 0.